The summed E-state index contributed by atoms with van der Waals surface area (Å²) >= 11 is 1.12. The second-order valence-corrected chi connectivity index (χ2v) is 9.16. The molecule has 0 fully saturated rings. The van der Waals surface area contributed by atoms with E-state index >= 15 is 0 Å². The lowest BCUT2D eigenvalue weighted by molar-refractivity contribution is 0.102. The number of hydrogen-bond donors (Lipinski definition) is 1. The molecule has 1 N–H and O–H groups in total. The molecule has 2 aromatic carbocycles. The lowest BCUT2D eigenvalue weighted by atomic mass is 10.0. The Labute approximate surface area is 192 Å². The van der Waals surface area contributed by atoms with Gasteiger partial charge in [-0.05, 0) is 37.0 Å². The van der Waals surface area contributed by atoms with Crippen molar-refractivity contribution in [1.29, 1.82) is 0 Å². The summed E-state index contributed by atoms with van der Waals surface area (Å²) in [6.45, 7) is 2.33. The topological polar surface area (TPSA) is 64.0 Å². The summed E-state index contributed by atoms with van der Waals surface area (Å²) in [4.78, 5) is 31.9. The highest BCUT2D eigenvalue weighted by Crippen LogP contribution is 2.34. The number of anilines is 1. The molecule has 1 aliphatic heterocycles. The van der Waals surface area contributed by atoms with Crippen LogP contribution in [0.15, 0.2) is 47.3 Å². The molecule has 2 aromatic heterocycles. The minimum absolute atomic E-state index is 0.107. The summed E-state index contributed by atoms with van der Waals surface area (Å²) in [6.07, 6.45) is 3.67. The fourth-order valence-electron chi connectivity index (χ4n) is 4.34. The fraction of sp³-hybridized carbons (Fsp3) is 0.240. The van der Waals surface area contributed by atoms with Crippen LogP contribution in [0.1, 0.15) is 40.3 Å². The molecule has 0 spiro atoms. The Bertz CT molecular complexity index is 1440. The number of fused-ring (bicyclic) bond motifs is 2. The van der Waals surface area contributed by atoms with E-state index in [1.165, 1.54) is 6.07 Å². The number of benzene rings is 2. The molecular weight excluding hydrogens is 444 g/mol. The number of amides is 1. The largest absolute Gasteiger partial charge is 0.318 e. The van der Waals surface area contributed by atoms with Crippen LogP contribution in [-0.4, -0.2) is 15.5 Å². The SMILES string of the molecule is Cc1c(C(=O)Nc2c(F)cc(F)cc2-c2ccccc2)sc2nc3n(c(=O)c12)CCCCC3. The predicted molar refractivity (Wildman–Crippen MR) is 126 cm³/mol. The quantitative estimate of drug-likeness (QED) is 0.423. The van der Waals surface area contributed by atoms with Gasteiger partial charge in [-0.25, -0.2) is 13.8 Å². The van der Waals surface area contributed by atoms with Crippen LogP contribution in [0, 0.1) is 18.6 Å². The number of aryl methyl sites for hydroxylation is 2. The lowest BCUT2D eigenvalue weighted by Gasteiger charge is -2.13. The molecule has 0 aliphatic carbocycles. The van der Waals surface area contributed by atoms with E-state index in [0.29, 0.717) is 27.9 Å². The maximum absolute atomic E-state index is 14.8. The monoisotopic (exact) mass is 465 g/mol. The Balaban J connectivity index is 1.58. The van der Waals surface area contributed by atoms with Crippen molar-refractivity contribution in [3.63, 3.8) is 0 Å². The summed E-state index contributed by atoms with van der Waals surface area (Å²) in [5, 5.41) is 3.04. The predicted octanol–water partition coefficient (Wildman–Crippen LogP) is 5.69. The van der Waals surface area contributed by atoms with E-state index in [1.807, 2.05) is 0 Å². The van der Waals surface area contributed by atoms with Gasteiger partial charge in [0.15, 0.2) is 0 Å². The third kappa shape index (κ3) is 3.84. The van der Waals surface area contributed by atoms with Crippen LogP contribution in [0.4, 0.5) is 14.5 Å². The van der Waals surface area contributed by atoms with Crippen LogP contribution < -0.4 is 10.9 Å². The number of halogens is 2. The molecule has 0 saturated carbocycles. The maximum atomic E-state index is 14.8. The number of nitrogens with one attached hydrogen (secondary N) is 1. The highest BCUT2D eigenvalue weighted by atomic mass is 32.1. The molecule has 168 valence electrons. The van der Waals surface area contributed by atoms with Crippen molar-refractivity contribution in [2.75, 3.05) is 5.32 Å². The second-order valence-electron chi connectivity index (χ2n) is 8.16. The van der Waals surface area contributed by atoms with Crippen molar-refractivity contribution >= 4 is 33.1 Å². The molecule has 5 nitrogen and oxygen atoms in total. The minimum Gasteiger partial charge on any atom is -0.318 e. The van der Waals surface area contributed by atoms with Gasteiger partial charge in [-0.2, -0.15) is 0 Å². The first-order valence-corrected chi connectivity index (χ1v) is 11.6. The number of aromatic nitrogens is 2. The molecule has 8 heteroatoms. The second kappa shape index (κ2) is 8.51. The highest BCUT2D eigenvalue weighted by Gasteiger charge is 2.24. The minimum atomic E-state index is -0.870. The van der Waals surface area contributed by atoms with Gasteiger partial charge in [0.25, 0.3) is 11.5 Å². The number of carbonyl (C=O) groups is 1. The Hall–Kier alpha value is -3.39. The first-order chi connectivity index (χ1) is 15.9. The number of rotatable bonds is 3. The standard InChI is InChI=1S/C25H21F2N3O2S/c1-14-20-24(28-19-10-6-3-7-11-30(19)25(20)32)33-22(14)23(31)29-21-17(12-16(26)13-18(21)27)15-8-4-2-5-9-15/h2,4-5,8-9,12-13H,3,6-7,10-11H2,1H3,(H,29,31). The molecule has 3 heterocycles. The summed E-state index contributed by atoms with van der Waals surface area (Å²) in [5.41, 5.74) is 1.09. The van der Waals surface area contributed by atoms with Crippen LogP contribution in [0.2, 0.25) is 0 Å². The van der Waals surface area contributed by atoms with Crippen LogP contribution in [0.5, 0.6) is 0 Å². The smallest absolute Gasteiger partial charge is 0.266 e. The van der Waals surface area contributed by atoms with Crippen LogP contribution in [0.3, 0.4) is 0 Å². The van der Waals surface area contributed by atoms with Crippen molar-refractivity contribution < 1.29 is 13.6 Å². The third-order valence-electron chi connectivity index (χ3n) is 6.00. The van der Waals surface area contributed by atoms with Crippen LogP contribution >= 0.6 is 11.3 Å². The van der Waals surface area contributed by atoms with E-state index in [2.05, 4.69) is 10.3 Å². The molecule has 1 amide bonds. The molecule has 33 heavy (non-hydrogen) atoms. The van der Waals surface area contributed by atoms with Gasteiger partial charge in [-0.3, -0.25) is 14.2 Å². The zero-order valence-corrected chi connectivity index (χ0v) is 18.8. The molecule has 0 atom stereocenters. The molecule has 4 aromatic rings. The highest BCUT2D eigenvalue weighted by molar-refractivity contribution is 7.20. The van der Waals surface area contributed by atoms with Crippen LogP contribution in [0.25, 0.3) is 21.3 Å². The molecule has 0 saturated heterocycles. The molecule has 0 unspecified atom stereocenters. The number of thiophene rings is 1. The Morgan fingerprint density at radius 3 is 2.70 bits per heavy atom. The van der Waals surface area contributed by atoms with Gasteiger partial charge in [0.2, 0.25) is 0 Å². The summed E-state index contributed by atoms with van der Waals surface area (Å²) in [7, 11) is 0. The number of hydrogen-bond acceptors (Lipinski definition) is 4. The first kappa shape index (κ1) is 21.5. The van der Waals surface area contributed by atoms with E-state index in [1.54, 1.807) is 41.8 Å². The normalized spacial score (nSPS) is 13.5. The average Bonchev–Trinajstić information content (AvgIpc) is 2.96. The Kier molecular flexibility index (Phi) is 5.54. The van der Waals surface area contributed by atoms with Crippen molar-refractivity contribution in [2.45, 2.75) is 39.2 Å². The van der Waals surface area contributed by atoms with Gasteiger partial charge in [0.05, 0.1) is 16.0 Å². The van der Waals surface area contributed by atoms with E-state index in [9.17, 15) is 18.4 Å². The lowest BCUT2D eigenvalue weighted by Crippen LogP contribution is -2.24. The molecule has 0 bridgehead atoms. The van der Waals surface area contributed by atoms with E-state index in [0.717, 1.165) is 48.9 Å². The third-order valence-corrected chi connectivity index (χ3v) is 7.18. The van der Waals surface area contributed by atoms with Gasteiger partial charge in [-0.1, -0.05) is 36.8 Å². The first-order valence-electron chi connectivity index (χ1n) is 10.8. The van der Waals surface area contributed by atoms with Crippen molar-refractivity contribution in [3.05, 3.63) is 80.7 Å². The Morgan fingerprint density at radius 2 is 1.91 bits per heavy atom. The van der Waals surface area contributed by atoms with E-state index in [-0.39, 0.29) is 21.7 Å². The summed E-state index contributed by atoms with van der Waals surface area (Å²) in [6, 6.07) is 10.7. The van der Waals surface area contributed by atoms with E-state index < -0.39 is 17.5 Å². The number of nitrogens with zero attached hydrogens (tertiary/aromatic N) is 2. The van der Waals surface area contributed by atoms with Gasteiger partial charge >= 0.3 is 0 Å². The van der Waals surface area contributed by atoms with Crippen molar-refractivity contribution in [2.24, 2.45) is 0 Å². The van der Waals surface area contributed by atoms with Gasteiger partial charge in [0, 0.05) is 24.6 Å². The molecule has 5 rings (SSSR count). The van der Waals surface area contributed by atoms with Crippen LogP contribution in [-0.2, 0) is 13.0 Å². The average molecular weight is 466 g/mol. The van der Waals surface area contributed by atoms with Gasteiger partial charge in [0.1, 0.15) is 22.3 Å². The summed E-state index contributed by atoms with van der Waals surface area (Å²) in [5.74, 6) is -1.42. The van der Waals surface area contributed by atoms with Crippen molar-refractivity contribution in [1.82, 2.24) is 9.55 Å². The fourth-order valence-corrected chi connectivity index (χ4v) is 5.43. The van der Waals surface area contributed by atoms with Crippen molar-refractivity contribution in [3.8, 4) is 11.1 Å². The van der Waals surface area contributed by atoms with Gasteiger partial charge in [-0.15, -0.1) is 11.3 Å². The molecule has 0 radical (unpaired) electrons. The molecular formula is C25H21F2N3O2S. The van der Waals surface area contributed by atoms with Gasteiger partial charge < -0.3 is 5.32 Å². The zero-order valence-electron chi connectivity index (χ0n) is 18.0. The molecule has 1 aliphatic rings. The summed E-state index contributed by atoms with van der Waals surface area (Å²) < 4.78 is 30.5. The maximum Gasteiger partial charge on any atom is 0.266 e. The number of carbonyl (C=O) groups excluding carboxylic acids is 1. The van der Waals surface area contributed by atoms with E-state index in [4.69, 9.17) is 0 Å². The Morgan fingerprint density at radius 1 is 1.12 bits per heavy atom. The zero-order chi connectivity index (χ0) is 23.1.